The standard InChI is InChI=1S/C18H18F3N5OS.HI/c1-2-22-17(24-9-15-26-14(11-28-15)18(19,20)21)23-8-13-10-27-16(25-13)12-6-4-3-5-7-12;/h3-7,10-11H,2,8-9H2,1H3,(H2,22,23,24);1H. The molecule has 0 amide bonds. The molecule has 0 bridgehead atoms. The van der Waals surface area contributed by atoms with Crippen LogP contribution >= 0.6 is 35.3 Å². The largest absolute Gasteiger partial charge is 0.444 e. The van der Waals surface area contributed by atoms with Gasteiger partial charge in [-0.25, -0.2) is 15.0 Å². The van der Waals surface area contributed by atoms with Gasteiger partial charge in [0.15, 0.2) is 11.7 Å². The van der Waals surface area contributed by atoms with Crippen LogP contribution in [0.2, 0.25) is 0 Å². The molecule has 156 valence electrons. The highest BCUT2D eigenvalue weighted by atomic mass is 127. The van der Waals surface area contributed by atoms with Crippen LogP contribution in [0.4, 0.5) is 13.2 Å². The molecule has 0 unspecified atom stereocenters. The second-order valence-electron chi connectivity index (χ2n) is 5.68. The van der Waals surface area contributed by atoms with Crippen LogP contribution in [0.25, 0.3) is 11.5 Å². The molecule has 2 N–H and O–H groups in total. The van der Waals surface area contributed by atoms with E-state index in [4.69, 9.17) is 4.42 Å². The third kappa shape index (κ3) is 6.70. The quantitative estimate of drug-likeness (QED) is 0.271. The van der Waals surface area contributed by atoms with Crippen molar-refractivity contribution in [3.05, 3.63) is 58.4 Å². The number of aromatic nitrogens is 2. The fourth-order valence-electron chi connectivity index (χ4n) is 2.28. The Hall–Kier alpha value is -2.15. The molecule has 6 nitrogen and oxygen atoms in total. The lowest BCUT2D eigenvalue weighted by atomic mass is 10.2. The zero-order valence-corrected chi connectivity index (χ0v) is 18.5. The van der Waals surface area contributed by atoms with Gasteiger partial charge in [0, 0.05) is 17.5 Å². The summed E-state index contributed by atoms with van der Waals surface area (Å²) in [5.41, 5.74) is 0.629. The highest BCUT2D eigenvalue weighted by molar-refractivity contribution is 14.0. The molecule has 0 fully saturated rings. The monoisotopic (exact) mass is 537 g/mol. The molecule has 2 aromatic heterocycles. The van der Waals surface area contributed by atoms with Gasteiger partial charge in [-0.05, 0) is 19.1 Å². The molecular weight excluding hydrogens is 518 g/mol. The van der Waals surface area contributed by atoms with Crippen molar-refractivity contribution >= 4 is 41.3 Å². The lowest BCUT2D eigenvalue weighted by Gasteiger charge is -2.09. The Morgan fingerprint density at radius 1 is 1.17 bits per heavy atom. The van der Waals surface area contributed by atoms with Crippen molar-refractivity contribution in [2.24, 2.45) is 4.99 Å². The van der Waals surface area contributed by atoms with Gasteiger partial charge in [-0.15, -0.1) is 35.3 Å². The van der Waals surface area contributed by atoms with Crippen LogP contribution in [-0.4, -0.2) is 22.5 Å². The van der Waals surface area contributed by atoms with Gasteiger partial charge in [-0.2, -0.15) is 13.2 Å². The zero-order valence-electron chi connectivity index (χ0n) is 15.4. The summed E-state index contributed by atoms with van der Waals surface area (Å²) < 4.78 is 43.3. The van der Waals surface area contributed by atoms with Crippen molar-refractivity contribution in [3.8, 4) is 11.5 Å². The average Bonchev–Trinajstić information content (AvgIpc) is 3.34. The van der Waals surface area contributed by atoms with Gasteiger partial charge in [-0.3, -0.25) is 0 Å². The normalized spacial score (nSPS) is 11.8. The third-order valence-electron chi connectivity index (χ3n) is 3.57. The summed E-state index contributed by atoms with van der Waals surface area (Å²) in [5.74, 6) is 0.960. The van der Waals surface area contributed by atoms with Crippen LogP contribution in [0.1, 0.15) is 23.3 Å². The lowest BCUT2D eigenvalue weighted by molar-refractivity contribution is -0.140. The van der Waals surface area contributed by atoms with Crippen LogP contribution in [0.3, 0.4) is 0 Å². The minimum atomic E-state index is -4.43. The summed E-state index contributed by atoms with van der Waals surface area (Å²) in [6.45, 7) is 2.90. The van der Waals surface area contributed by atoms with Gasteiger partial charge in [0.25, 0.3) is 0 Å². The van der Waals surface area contributed by atoms with E-state index >= 15 is 0 Å². The Bertz CT molecular complexity index is 927. The molecule has 0 radical (unpaired) electrons. The Morgan fingerprint density at radius 3 is 2.59 bits per heavy atom. The molecule has 0 aliphatic carbocycles. The molecule has 1 aromatic carbocycles. The van der Waals surface area contributed by atoms with E-state index in [2.05, 4.69) is 25.6 Å². The Labute approximate surface area is 186 Å². The van der Waals surface area contributed by atoms with Crippen molar-refractivity contribution in [1.29, 1.82) is 0 Å². The molecule has 3 rings (SSSR count). The van der Waals surface area contributed by atoms with E-state index in [9.17, 15) is 13.2 Å². The van der Waals surface area contributed by atoms with Crippen LogP contribution < -0.4 is 10.6 Å². The first kappa shape index (κ1) is 23.1. The fourth-order valence-corrected chi connectivity index (χ4v) is 3.02. The number of thiazole rings is 1. The maximum Gasteiger partial charge on any atom is 0.434 e. The van der Waals surface area contributed by atoms with E-state index in [1.807, 2.05) is 37.3 Å². The number of benzene rings is 1. The number of halogens is 4. The molecule has 2 heterocycles. The molecule has 11 heteroatoms. The van der Waals surface area contributed by atoms with E-state index in [-0.39, 0.29) is 37.1 Å². The maximum atomic E-state index is 12.6. The number of hydrogen-bond donors (Lipinski definition) is 2. The second-order valence-corrected chi connectivity index (χ2v) is 6.63. The Kier molecular flexibility index (Phi) is 8.44. The Morgan fingerprint density at radius 2 is 1.93 bits per heavy atom. The van der Waals surface area contributed by atoms with E-state index in [0.717, 1.165) is 22.3 Å². The first-order valence-electron chi connectivity index (χ1n) is 8.49. The predicted molar refractivity (Wildman–Crippen MR) is 116 cm³/mol. The number of nitrogens with one attached hydrogen (secondary N) is 2. The first-order chi connectivity index (χ1) is 13.5. The van der Waals surface area contributed by atoms with Crippen molar-refractivity contribution in [1.82, 2.24) is 20.6 Å². The molecule has 0 atom stereocenters. The number of hydrogen-bond acceptors (Lipinski definition) is 5. The first-order valence-corrected chi connectivity index (χ1v) is 9.37. The van der Waals surface area contributed by atoms with Crippen LogP contribution in [-0.2, 0) is 19.3 Å². The van der Waals surface area contributed by atoms with Crippen molar-refractivity contribution in [2.75, 3.05) is 6.54 Å². The van der Waals surface area contributed by atoms with Crippen molar-refractivity contribution < 1.29 is 17.6 Å². The Balaban J connectivity index is 0.00000300. The van der Waals surface area contributed by atoms with Crippen molar-refractivity contribution in [3.63, 3.8) is 0 Å². The molecule has 0 aliphatic rings. The summed E-state index contributed by atoms with van der Waals surface area (Å²) in [5, 5.41) is 7.33. The van der Waals surface area contributed by atoms with Crippen molar-refractivity contribution in [2.45, 2.75) is 26.2 Å². The number of rotatable bonds is 6. The predicted octanol–water partition coefficient (Wildman–Crippen LogP) is 4.69. The second kappa shape index (κ2) is 10.6. The van der Waals surface area contributed by atoms with Gasteiger partial charge in [-0.1, -0.05) is 18.2 Å². The number of oxazole rings is 1. The number of nitrogens with zero attached hydrogens (tertiary/aromatic N) is 3. The SMILES string of the molecule is CCNC(=NCc1coc(-c2ccccc2)n1)NCc1nc(C(F)(F)F)cs1.I. The smallest absolute Gasteiger partial charge is 0.434 e. The van der Waals surface area contributed by atoms with Crippen LogP contribution in [0.15, 0.2) is 51.4 Å². The van der Waals surface area contributed by atoms with Gasteiger partial charge in [0.05, 0.1) is 13.1 Å². The van der Waals surface area contributed by atoms with E-state index in [1.54, 1.807) is 0 Å². The van der Waals surface area contributed by atoms with Gasteiger partial charge in [0.2, 0.25) is 5.89 Å². The molecule has 0 aliphatic heterocycles. The maximum absolute atomic E-state index is 12.6. The minimum Gasteiger partial charge on any atom is -0.444 e. The number of alkyl halides is 3. The van der Waals surface area contributed by atoms with Gasteiger partial charge in [0.1, 0.15) is 17.0 Å². The van der Waals surface area contributed by atoms with Gasteiger partial charge >= 0.3 is 6.18 Å². The van der Waals surface area contributed by atoms with Crippen LogP contribution in [0.5, 0.6) is 0 Å². The number of aliphatic imine (C=N–C) groups is 1. The molecular formula is C18H19F3IN5OS. The zero-order chi connectivity index (χ0) is 20.0. The fraction of sp³-hybridized carbons (Fsp3) is 0.278. The van der Waals surface area contributed by atoms with Gasteiger partial charge < -0.3 is 15.1 Å². The van der Waals surface area contributed by atoms with E-state index < -0.39 is 11.9 Å². The summed E-state index contributed by atoms with van der Waals surface area (Å²) in [6, 6.07) is 9.49. The summed E-state index contributed by atoms with van der Waals surface area (Å²) in [6.07, 6.45) is -2.90. The molecule has 29 heavy (non-hydrogen) atoms. The van der Waals surface area contributed by atoms with E-state index in [0.29, 0.717) is 29.1 Å². The minimum absolute atomic E-state index is 0. The van der Waals surface area contributed by atoms with Crippen LogP contribution in [0, 0.1) is 0 Å². The topological polar surface area (TPSA) is 75.3 Å². The molecule has 0 saturated heterocycles. The molecule has 0 spiro atoms. The van der Waals surface area contributed by atoms with E-state index in [1.165, 1.54) is 6.26 Å². The summed E-state index contributed by atoms with van der Waals surface area (Å²) in [7, 11) is 0. The number of guanidine groups is 1. The third-order valence-corrected chi connectivity index (χ3v) is 4.41. The summed E-state index contributed by atoms with van der Waals surface area (Å²) in [4.78, 5) is 12.4. The lowest BCUT2D eigenvalue weighted by Crippen LogP contribution is -2.36. The highest BCUT2D eigenvalue weighted by Gasteiger charge is 2.33. The molecule has 0 saturated carbocycles. The highest BCUT2D eigenvalue weighted by Crippen LogP contribution is 2.29. The summed E-state index contributed by atoms with van der Waals surface area (Å²) >= 11 is 0.948. The average molecular weight is 537 g/mol. The molecule has 3 aromatic rings.